The fourth-order valence-corrected chi connectivity index (χ4v) is 3.94. The van der Waals surface area contributed by atoms with Crippen molar-refractivity contribution >= 4 is 5.95 Å². The van der Waals surface area contributed by atoms with Gasteiger partial charge in [-0.2, -0.15) is 13.2 Å². The van der Waals surface area contributed by atoms with Crippen LogP contribution >= 0.6 is 0 Å². The minimum Gasteiger partial charge on any atom is -0.341 e. The Labute approximate surface area is 144 Å². The molecular formula is C18H21F3N4. The number of hydrogen-bond acceptors (Lipinski definition) is 3. The van der Waals surface area contributed by atoms with Crippen molar-refractivity contribution in [3.8, 4) is 0 Å². The highest BCUT2D eigenvalue weighted by atomic mass is 19.4. The Balaban J connectivity index is 1.55. The molecule has 1 aromatic heterocycles. The molecule has 0 atom stereocenters. The van der Waals surface area contributed by atoms with E-state index in [0.717, 1.165) is 18.7 Å². The highest BCUT2D eigenvalue weighted by Gasteiger charge is 2.50. The van der Waals surface area contributed by atoms with Gasteiger partial charge in [-0.05, 0) is 31.2 Å². The lowest BCUT2D eigenvalue weighted by atomic mass is 9.95. The first-order valence-corrected chi connectivity index (χ1v) is 8.69. The molecular weight excluding hydrogens is 329 g/mol. The summed E-state index contributed by atoms with van der Waals surface area (Å²) in [7, 11) is 1.92. The van der Waals surface area contributed by atoms with Crippen molar-refractivity contribution in [3.63, 3.8) is 0 Å². The first kappa shape index (κ1) is 16.4. The number of alkyl halides is 3. The van der Waals surface area contributed by atoms with Crippen LogP contribution in [0.4, 0.5) is 19.1 Å². The summed E-state index contributed by atoms with van der Waals surface area (Å²) in [5.41, 5.74) is 1.14. The first-order chi connectivity index (χ1) is 11.9. The minimum atomic E-state index is -4.09. The van der Waals surface area contributed by atoms with Crippen molar-refractivity contribution < 1.29 is 13.2 Å². The van der Waals surface area contributed by atoms with Gasteiger partial charge in [-0.25, -0.2) is 0 Å². The van der Waals surface area contributed by atoms with Gasteiger partial charge in [0.1, 0.15) is 5.82 Å². The summed E-state index contributed by atoms with van der Waals surface area (Å²) < 4.78 is 40.5. The molecule has 0 spiro atoms. The number of anilines is 1. The number of benzene rings is 1. The van der Waals surface area contributed by atoms with E-state index in [2.05, 4.69) is 22.3 Å². The Morgan fingerprint density at radius 1 is 1.04 bits per heavy atom. The van der Waals surface area contributed by atoms with Gasteiger partial charge in [-0.3, -0.25) is 4.57 Å². The number of hydrogen-bond donors (Lipinski definition) is 0. The third-order valence-electron chi connectivity index (χ3n) is 5.60. The van der Waals surface area contributed by atoms with Gasteiger partial charge in [0.2, 0.25) is 5.95 Å². The van der Waals surface area contributed by atoms with Gasteiger partial charge in [-0.1, -0.05) is 30.3 Å². The van der Waals surface area contributed by atoms with Crippen LogP contribution in [0.2, 0.25) is 0 Å². The zero-order valence-electron chi connectivity index (χ0n) is 14.1. The van der Waals surface area contributed by atoms with E-state index < -0.39 is 12.1 Å². The van der Waals surface area contributed by atoms with Crippen LogP contribution in [0.25, 0.3) is 0 Å². The highest BCUT2D eigenvalue weighted by Crippen LogP contribution is 2.53. The van der Waals surface area contributed by atoms with Crippen LogP contribution in [0.15, 0.2) is 30.3 Å². The van der Waals surface area contributed by atoms with Crippen LogP contribution in [-0.4, -0.2) is 34.0 Å². The molecule has 1 saturated heterocycles. The molecule has 1 aliphatic heterocycles. The molecule has 2 aromatic rings. The second-order valence-electron chi connectivity index (χ2n) is 7.13. The van der Waals surface area contributed by atoms with E-state index >= 15 is 0 Å². The summed E-state index contributed by atoms with van der Waals surface area (Å²) in [4.78, 5) is 1.93. The van der Waals surface area contributed by atoms with Crippen molar-refractivity contribution in [2.45, 2.75) is 37.3 Å². The summed E-state index contributed by atoms with van der Waals surface area (Å²) in [6.07, 6.45) is -1.80. The molecule has 0 bridgehead atoms. The van der Waals surface area contributed by atoms with Gasteiger partial charge in [0.15, 0.2) is 0 Å². The second-order valence-corrected chi connectivity index (χ2v) is 7.13. The largest absolute Gasteiger partial charge is 0.391 e. The summed E-state index contributed by atoms with van der Waals surface area (Å²) in [6, 6.07) is 10.3. The molecule has 4 nitrogen and oxygen atoms in total. The molecule has 4 rings (SSSR count). The molecule has 2 fully saturated rings. The molecule has 134 valence electrons. The molecule has 7 heteroatoms. The molecule has 0 N–H and O–H groups in total. The second kappa shape index (κ2) is 5.75. The third kappa shape index (κ3) is 2.79. The lowest BCUT2D eigenvalue weighted by Gasteiger charge is -2.33. The molecule has 25 heavy (non-hydrogen) atoms. The SMILES string of the molecule is Cn1c(N2CCC(C(F)(F)F)CC2)nnc1C1(c2ccccc2)CC1. The number of aromatic nitrogens is 3. The fourth-order valence-electron chi connectivity index (χ4n) is 3.94. The zero-order chi connectivity index (χ0) is 17.7. The predicted octanol–water partition coefficient (Wildman–Crippen LogP) is 3.67. The van der Waals surface area contributed by atoms with Crippen LogP contribution in [0, 0.1) is 5.92 Å². The maximum Gasteiger partial charge on any atom is 0.391 e. The van der Waals surface area contributed by atoms with Crippen molar-refractivity contribution in [2.75, 3.05) is 18.0 Å². The number of halogens is 3. The van der Waals surface area contributed by atoms with E-state index in [4.69, 9.17) is 0 Å². The summed E-state index contributed by atoms with van der Waals surface area (Å²) in [5, 5.41) is 8.73. The number of rotatable bonds is 3. The lowest BCUT2D eigenvalue weighted by molar-refractivity contribution is -0.179. The molecule has 2 aliphatic rings. The quantitative estimate of drug-likeness (QED) is 0.847. The Morgan fingerprint density at radius 3 is 2.24 bits per heavy atom. The smallest absolute Gasteiger partial charge is 0.341 e. The van der Waals surface area contributed by atoms with Gasteiger partial charge in [0.05, 0.1) is 11.3 Å². The number of piperidine rings is 1. The van der Waals surface area contributed by atoms with Crippen molar-refractivity contribution in [2.24, 2.45) is 13.0 Å². The van der Waals surface area contributed by atoms with Gasteiger partial charge < -0.3 is 4.90 Å². The van der Waals surface area contributed by atoms with E-state index in [-0.39, 0.29) is 18.3 Å². The average molecular weight is 350 g/mol. The van der Waals surface area contributed by atoms with Crippen LogP contribution in [0.3, 0.4) is 0 Å². The molecule has 1 aliphatic carbocycles. The Kier molecular flexibility index (Phi) is 3.77. The standard InChI is InChI=1S/C18H21F3N4/c1-24-15(17(9-10-17)13-5-3-2-4-6-13)22-23-16(24)25-11-7-14(8-12-25)18(19,20)21/h2-6,14H,7-12H2,1H3. The zero-order valence-corrected chi connectivity index (χ0v) is 14.1. The van der Waals surface area contributed by atoms with Gasteiger partial charge in [0.25, 0.3) is 0 Å². The molecule has 2 heterocycles. The summed E-state index contributed by atoms with van der Waals surface area (Å²) in [6.45, 7) is 0.739. The molecule has 0 amide bonds. The Hall–Kier alpha value is -2.05. The van der Waals surface area contributed by atoms with E-state index in [9.17, 15) is 13.2 Å². The fraction of sp³-hybridized carbons (Fsp3) is 0.556. The minimum absolute atomic E-state index is 0.0917. The van der Waals surface area contributed by atoms with E-state index in [0.29, 0.717) is 19.0 Å². The van der Waals surface area contributed by atoms with E-state index in [1.165, 1.54) is 5.56 Å². The molecule has 0 radical (unpaired) electrons. The highest BCUT2D eigenvalue weighted by molar-refractivity contribution is 5.43. The normalized spacial score (nSPS) is 20.7. The van der Waals surface area contributed by atoms with Gasteiger partial charge in [-0.15, -0.1) is 10.2 Å². The van der Waals surface area contributed by atoms with Crippen LogP contribution in [0.1, 0.15) is 37.1 Å². The Bertz CT molecular complexity index is 741. The molecule has 0 unspecified atom stereocenters. The molecule has 1 aromatic carbocycles. The van der Waals surface area contributed by atoms with Crippen molar-refractivity contribution in [1.29, 1.82) is 0 Å². The monoisotopic (exact) mass is 350 g/mol. The van der Waals surface area contributed by atoms with E-state index in [1.54, 1.807) is 0 Å². The van der Waals surface area contributed by atoms with E-state index in [1.807, 2.05) is 34.7 Å². The summed E-state index contributed by atoms with van der Waals surface area (Å²) in [5.74, 6) is 0.389. The third-order valence-corrected chi connectivity index (χ3v) is 5.60. The maximum absolute atomic E-state index is 12.9. The number of nitrogens with zero attached hydrogens (tertiary/aromatic N) is 4. The van der Waals surface area contributed by atoms with Crippen LogP contribution < -0.4 is 4.90 Å². The van der Waals surface area contributed by atoms with Gasteiger partial charge >= 0.3 is 6.18 Å². The molecule has 1 saturated carbocycles. The average Bonchev–Trinajstić information content (AvgIpc) is 3.32. The maximum atomic E-state index is 12.9. The predicted molar refractivity (Wildman–Crippen MR) is 88.5 cm³/mol. The Morgan fingerprint density at radius 2 is 1.68 bits per heavy atom. The topological polar surface area (TPSA) is 34.0 Å². The first-order valence-electron chi connectivity index (χ1n) is 8.69. The van der Waals surface area contributed by atoms with Crippen molar-refractivity contribution in [1.82, 2.24) is 14.8 Å². The van der Waals surface area contributed by atoms with Gasteiger partial charge in [0, 0.05) is 20.1 Å². The van der Waals surface area contributed by atoms with Crippen LogP contribution in [-0.2, 0) is 12.5 Å². The van der Waals surface area contributed by atoms with Crippen molar-refractivity contribution in [3.05, 3.63) is 41.7 Å². The lowest BCUT2D eigenvalue weighted by Crippen LogP contribution is -2.40. The summed E-state index contributed by atoms with van der Waals surface area (Å²) >= 11 is 0. The van der Waals surface area contributed by atoms with Crippen LogP contribution in [0.5, 0.6) is 0 Å².